The first-order chi connectivity index (χ1) is 10.0. The summed E-state index contributed by atoms with van der Waals surface area (Å²) in [6.45, 7) is 1.90. The number of rotatable bonds is 5. The monoisotopic (exact) mass is 287 g/mol. The Bertz CT molecular complexity index is 702. The van der Waals surface area contributed by atoms with Gasteiger partial charge in [-0.1, -0.05) is 13.0 Å². The number of benzene rings is 1. The fourth-order valence-electron chi connectivity index (χ4n) is 1.65. The minimum Gasteiger partial charge on any atom is -0.417 e. The summed E-state index contributed by atoms with van der Waals surface area (Å²) in [6.07, 6.45) is 2.04. The van der Waals surface area contributed by atoms with Crippen LogP contribution >= 0.6 is 0 Å². The van der Waals surface area contributed by atoms with Crippen molar-refractivity contribution in [2.45, 2.75) is 13.3 Å². The summed E-state index contributed by atoms with van der Waals surface area (Å²) in [6, 6.07) is 6.03. The van der Waals surface area contributed by atoms with Crippen molar-refractivity contribution in [2.24, 2.45) is 5.73 Å². The van der Waals surface area contributed by atoms with Gasteiger partial charge in [0.05, 0.1) is 4.92 Å². The lowest BCUT2D eigenvalue weighted by Crippen LogP contribution is -2.13. The van der Waals surface area contributed by atoms with Crippen LogP contribution in [0, 0.1) is 15.5 Å². The SMILES string of the molecule is CCc1ccc(Oc2nccc(C(=N)N)n2)c([N+](=O)[O-])c1. The number of nitrogens with two attached hydrogens (primary N) is 1. The third kappa shape index (κ3) is 3.30. The van der Waals surface area contributed by atoms with Gasteiger partial charge in [0.15, 0.2) is 0 Å². The van der Waals surface area contributed by atoms with Crippen LogP contribution in [0.25, 0.3) is 0 Å². The smallest absolute Gasteiger partial charge is 0.322 e. The molecule has 0 atom stereocenters. The van der Waals surface area contributed by atoms with Crippen LogP contribution in [0.3, 0.4) is 0 Å². The number of hydrogen-bond acceptors (Lipinski definition) is 6. The molecule has 0 fully saturated rings. The first-order valence-corrected chi connectivity index (χ1v) is 6.14. The highest BCUT2D eigenvalue weighted by Crippen LogP contribution is 2.30. The van der Waals surface area contributed by atoms with Gasteiger partial charge in [-0.3, -0.25) is 15.5 Å². The summed E-state index contributed by atoms with van der Waals surface area (Å²) < 4.78 is 5.35. The van der Waals surface area contributed by atoms with Gasteiger partial charge in [0.25, 0.3) is 0 Å². The van der Waals surface area contributed by atoms with Crippen LogP contribution in [0.15, 0.2) is 30.5 Å². The molecule has 0 saturated heterocycles. The molecule has 0 aliphatic rings. The quantitative estimate of drug-likeness (QED) is 0.374. The Balaban J connectivity index is 2.37. The van der Waals surface area contributed by atoms with Crippen molar-refractivity contribution in [1.82, 2.24) is 9.97 Å². The van der Waals surface area contributed by atoms with Gasteiger partial charge in [0.1, 0.15) is 11.5 Å². The van der Waals surface area contributed by atoms with Crippen LogP contribution in [-0.2, 0) is 6.42 Å². The van der Waals surface area contributed by atoms with Gasteiger partial charge in [0, 0.05) is 12.3 Å². The van der Waals surface area contributed by atoms with E-state index in [0.29, 0.717) is 6.42 Å². The van der Waals surface area contributed by atoms with Crippen LogP contribution in [0.2, 0.25) is 0 Å². The third-order valence-electron chi connectivity index (χ3n) is 2.74. The molecule has 0 bridgehead atoms. The molecular formula is C13H13N5O3. The zero-order valence-corrected chi connectivity index (χ0v) is 11.2. The molecule has 21 heavy (non-hydrogen) atoms. The van der Waals surface area contributed by atoms with Crippen molar-refractivity contribution in [3.63, 3.8) is 0 Å². The average molecular weight is 287 g/mol. The first kappa shape index (κ1) is 14.4. The van der Waals surface area contributed by atoms with Crippen LogP contribution in [-0.4, -0.2) is 20.7 Å². The Morgan fingerprint density at radius 2 is 2.24 bits per heavy atom. The standard InChI is InChI=1S/C13H13N5O3/c1-2-8-3-4-11(10(7-8)18(19)20)21-13-16-6-5-9(17-13)12(14)15/h3-7H,2H2,1H3,(H3,14,15). The molecule has 2 rings (SSSR count). The highest BCUT2D eigenvalue weighted by atomic mass is 16.6. The summed E-state index contributed by atoms with van der Waals surface area (Å²) in [4.78, 5) is 18.3. The van der Waals surface area contributed by atoms with E-state index in [4.69, 9.17) is 15.9 Å². The molecule has 0 radical (unpaired) electrons. The lowest BCUT2D eigenvalue weighted by molar-refractivity contribution is -0.385. The molecule has 0 amide bonds. The number of nitro benzene ring substituents is 1. The van der Waals surface area contributed by atoms with Crippen LogP contribution in [0.5, 0.6) is 11.8 Å². The van der Waals surface area contributed by atoms with E-state index >= 15 is 0 Å². The van der Waals surface area contributed by atoms with Gasteiger partial charge in [0.2, 0.25) is 5.75 Å². The van der Waals surface area contributed by atoms with Crippen molar-refractivity contribution in [1.29, 1.82) is 5.41 Å². The molecule has 0 aliphatic carbocycles. The van der Waals surface area contributed by atoms with E-state index in [-0.39, 0.29) is 29.0 Å². The zero-order chi connectivity index (χ0) is 15.4. The largest absolute Gasteiger partial charge is 0.417 e. The van der Waals surface area contributed by atoms with Gasteiger partial charge >= 0.3 is 11.7 Å². The van der Waals surface area contributed by atoms with E-state index in [1.165, 1.54) is 24.4 Å². The predicted molar refractivity (Wildman–Crippen MR) is 75.6 cm³/mol. The normalized spacial score (nSPS) is 10.1. The van der Waals surface area contributed by atoms with E-state index in [1.54, 1.807) is 6.07 Å². The van der Waals surface area contributed by atoms with Crippen molar-refractivity contribution < 1.29 is 9.66 Å². The molecule has 0 unspecified atom stereocenters. The molecule has 0 aliphatic heterocycles. The Hall–Kier alpha value is -3.03. The second kappa shape index (κ2) is 5.95. The van der Waals surface area contributed by atoms with Gasteiger partial charge in [-0.05, 0) is 24.1 Å². The predicted octanol–water partition coefficient (Wildman–Crippen LogP) is 2.02. The van der Waals surface area contributed by atoms with Crippen molar-refractivity contribution in [3.05, 3.63) is 51.8 Å². The number of aromatic nitrogens is 2. The summed E-state index contributed by atoms with van der Waals surface area (Å²) in [7, 11) is 0. The Kier molecular flexibility index (Phi) is 4.07. The molecular weight excluding hydrogens is 274 g/mol. The molecule has 3 N–H and O–H groups in total. The molecule has 1 aromatic carbocycles. The average Bonchev–Trinajstić information content (AvgIpc) is 2.47. The van der Waals surface area contributed by atoms with Gasteiger partial charge in [-0.15, -0.1) is 0 Å². The number of nitrogens with zero attached hydrogens (tertiary/aromatic N) is 3. The zero-order valence-electron chi connectivity index (χ0n) is 11.2. The number of ether oxygens (including phenoxy) is 1. The van der Waals surface area contributed by atoms with E-state index in [9.17, 15) is 10.1 Å². The molecule has 0 saturated carbocycles. The summed E-state index contributed by atoms with van der Waals surface area (Å²) in [5.74, 6) is -0.198. The van der Waals surface area contributed by atoms with Crippen LogP contribution in [0.1, 0.15) is 18.2 Å². The fraction of sp³-hybridized carbons (Fsp3) is 0.154. The second-order valence-corrected chi connectivity index (χ2v) is 4.15. The summed E-state index contributed by atoms with van der Waals surface area (Å²) >= 11 is 0. The highest BCUT2D eigenvalue weighted by Gasteiger charge is 2.17. The van der Waals surface area contributed by atoms with E-state index in [0.717, 1.165) is 5.56 Å². The molecule has 1 aromatic heterocycles. The lowest BCUT2D eigenvalue weighted by atomic mass is 10.1. The van der Waals surface area contributed by atoms with Crippen molar-refractivity contribution >= 4 is 11.5 Å². The number of nitrogen functional groups attached to an aromatic ring is 1. The maximum atomic E-state index is 11.1. The molecule has 8 nitrogen and oxygen atoms in total. The number of aryl methyl sites for hydroxylation is 1. The van der Waals surface area contributed by atoms with Gasteiger partial charge in [-0.2, -0.15) is 4.98 Å². The maximum Gasteiger partial charge on any atom is 0.322 e. The Labute approximate surface area is 120 Å². The van der Waals surface area contributed by atoms with Gasteiger partial charge in [-0.25, -0.2) is 4.98 Å². The first-order valence-electron chi connectivity index (χ1n) is 6.14. The van der Waals surface area contributed by atoms with E-state index in [2.05, 4.69) is 9.97 Å². The minimum absolute atomic E-state index is 0.0397. The summed E-state index contributed by atoms with van der Waals surface area (Å²) in [5, 5.41) is 18.4. The highest BCUT2D eigenvalue weighted by molar-refractivity contribution is 5.92. The van der Waals surface area contributed by atoms with Crippen molar-refractivity contribution in [2.75, 3.05) is 0 Å². The number of nitrogens with one attached hydrogen (secondary N) is 1. The van der Waals surface area contributed by atoms with Crippen LogP contribution < -0.4 is 10.5 Å². The van der Waals surface area contributed by atoms with E-state index in [1.807, 2.05) is 6.92 Å². The molecule has 0 spiro atoms. The molecule has 8 heteroatoms. The number of amidine groups is 1. The van der Waals surface area contributed by atoms with E-state index < -0.39 is 4.92 Å². The second-order valence-electron chi connectivity index (χ2n) is 4.15. The third-order valence-corrected chi connectivity index (χ3v) is 2.74. The lowest BCUT2D eigenvalue weighted by Gasteiger charge is -2.06. The topological polar surface area (TPSA) is 128 Å². The Morgan fingerprint density at radius 1 is 1.48 bits per heavy atom. The molecule has 1 heterocycles. The Morgan fingerprint density at radius 3 is 2.86 bits per heavy atom. The maximum absolute atomic E-state index is 11.1. The van der Waals surface area contributed by atoms with Crippen molar-refractivity contribution in [3.8, 4) is 11.8 Å². The molecule has 108 valence electrons. The van der Waals surface area contributed by atoms with Crippen LogP contribution in [0.4, 0.5) is 5.69 Å². The number of hydrogen-bond donors (Lipinski definition) is 2. The minimum atomic E-state index is -0.524. The molecule has 2 aromatic rings. The number of nitro groups is 1. The summed E-state index contributed by atoms with van der Waals surface area (Å²) in [5.41, 5.74) is 6.17. The fourth-order valence-corrected chi connectivity index (χ4v) is 1.65. The van der Waals surface area contributed by atoms with Gasteiger partial charge < -0.3 is 10.5 Å².